The van der Waals surface area contributed by atoms with Gasteiger partial charge in [0.25, 0.3) is 0 Å². The average Bonchev–Trinajstić information content (AvgIpc) is 3.13. The molecule has 2 rings (SSSR count). The van der Waals surface area contributed by atoms with Gasteiger partial charge in [0, 0.05) is 6.54 Å². The van der Waals surface area contributed by atoms with Gasteiger partial charge in [-0.1, -0.05) is 52.9 Å². The second kappa shape index (κ2) is 6.41. The summed E-state index contributed by atoms with van der Waals surface area (Å²) in [7, 11) is 0. The summed E-state index contributed by atoms with van der Waals surface area (Å²) in [5.74, 6) is 2.84. The van der Waals surface area contributed by atoms with E-state index in [-0.39, 0.29) is 0 Å². The lowest BCUT2D eigenvalue weighted by molar-refractivity contribution is 0.167. The lowest BCUT2D eigenvalue weighted by Gasteiger charge is -2.36. The molecule has 1 N–H and O–H groups in total. The Hall–Kier alpha value is -0.0400. The van der Waals surface area contributed by atoms with Crippen LogP contribution in [0.5, 0.6) is 0 Å². The van der Waals surface area contributed by atoms with Gasteiger partial charge in [-0.2, -0.15) is 0 Å². The van der Waals surface area contributed by atoms with E-state index in [1.807, 2.05) is 0 Å². The first-order valence-electron chi connectivity index (χ1n) is 8.31. The summed E-state index contributed by atoms with van der Waals surface area (Å²) in [5, 5.41) is 3.74. The number of hydrogen-bond donors (Lipinski definition) is 1. The monoisotopic (exact) mass is 251 g/mol. The molecule has 1 nitrogen and oxygen atoms in total. The maximum Gasteiger partial charge on any atom is 0.000803 e. The zero-order valence-electron chi connectivity index (χ0n) is 12.8. The maximum atomic E-state index is 3.74. The van der Waals surface area contributed by atoms with Crippen LogP contribution in [0.3, 0.4) is 0 Å². The van der Waals surface area contributed by atoms with E-state index < -0.39 is 0 Å². The van der Waals surface area contributed by atoms with Gasteiger partial charge in [0.2, 0.25) is 0 Å². The Morgan fingerprint density at radius 2 is 1.72 bits per heavy atom. The third kappa shape index (κ3) is 4.26. The standard InChI is InChI=1S/C17H33N/c1-14(2)12-18-13-17(3,16-9-10-16)11-15-7-5-4-6-8-15/h14-16,18H,4-13H2,1-3H3. The first-order valence-corrected chi connectivity index (χ1v) is 8.31. The minimum Gasteiger partial charge on any atom is -0.316 e. The van der Waals surface area contributed by atoms with Crippen LogP contribution in [0.15, 0.2) is 0 Å². The van der Waals surface area contributed by atoms with Crippen LogP contribution in [0.25, 0.3) is 0 Å². The zero-order chi connectivity index (χ0) is 13.0. The van der Waals surface area contributed by atoms with Crippen molar-refractivity contribution in [3.05, 3.63) is 0 Å². The third-order valence-corrected chi connectivity index (χ3v) is 5.12. The second-order valence-corrected chi connectivity index (χ2v) is 7.66. The van der Waals surface area contributed by atoms with Gasteiger partial charge in [0.05, 0.1) is 0 Å². The molecular weight excluding hydrogens is 218 g/mol. The van der Waals surface area contributed by atoms with E-state index in [1.165, 1.54) is 64.5 Å². The highest BCUT2D eigenvalue weighted by Crippen LogP contribution is 2.50. The highest BCUT2D eigenvalue weighted by atomic mass is 14.9. The van der Waals surface area contributed by atoms with E-state index in [2.05, 4.69) is 26.1 Å². The summed E-state index contributed by atoms with van der Waals surface area (Å²) >= 11 is 0. The Kier molecular flexibility index (Phi) is 5.12. The molecular formula is C17H33N. The summed E-state index contributed by atoms with van der Waals surface area (Å²) in [6.45, 7) is 9.62. The molecule has 0 bridgehead atoms. The molecule has 0 aliphatic heterocycles. The van der Waals surface area contributed by atoms with Gasteiger partial charge in [-0.05, 0) is 49.0 Å². The van der Waals surface area contributed by atoms with Crippen molar-refractivity contribution in [2.24, 2.45) is 23.2 Å². The Bertz CT molecular complexity index is 238. The van der Waals surface area contributed by atoms with Gasteiger partial charge >= 0.3 is 0 Å². The lowest BCUT2D eigenvalue weighted by Crippen LogP contribution is -2.37. The molecule has 0 radical (unpaired) electrons. The molecule has 18 heavy (non-hydrogen) atoms. The highest BCUT2D eigenvalue weighted by molar-refractivity contribution is 4.94. The number of hydrogen-bond acceptors (Lipinski definition) is 1. The second-order valence-electron chi connectivity index (χ2n) is 7.66. The molecule has 0 aromatic heterocycles. The SMILES string of the molecule is CC(C)CNCC(C)(CC1CCCCC1)C1CC1. The van der Waals surface area contributed by atoms with Crippen molar-refractivity contribution >= 4 is 0 Å². The van der Waals surface area contributed by atoms with E-state index in [9.17, 15) is 0 Å². The number of rotatable bonds is 7. The van der Waals surface area contributed by atoms with Crippen LogP contribution in [0.2, 0.25) is 0 Å². The Morgan fingerprint density at radius 1 is 1.06 bits per heavy atom. The van der Waals surface area contributed by atoms with E-state index in [0.29, 0.717) is 5.41 Å². The maximum absolute atomic E-state index is 3.74. The molecule has 0 amide bonds. The summed E-state index contributed by atoms with van der Waals surface area (Å²) in [4.78, 5) is 0. The van der Waals surface area contributed by atoms with Crippen molar-refractivity contribution in [2.75, 3.05) is 13.1 Å². The molecule has 2 saturated carbocycles. The number of nitrogens with one attached hydrogen (secondary N) is 1. The molecule has 0 aromatic carbocycles. The lowest BCUT2D eigenvalue weighted by atomic mass is 9.72. The fourth-order valence-corrected chi connectivity index (χ4v) is 3.86. The van der Waals surface area contributed by atoms with Crippen molar-refractivity contribution in [1.82, 2.24) is 5.32 Å². The summed E-state index contributed by atoms with van der Waals surface area (Å²) in [6, 6.07) is 0. The fourth-order valence-electron chi connectivity index (χ4n) is 3.86. The molecule has 106 valence electrons. The van der Waals surface area contributed by atoms with E-state index in [0.717, 1.165) is 17.8 Å². The van der Waals surface area contributed by atoms with Crippen LogP contribution in [-0.2, 0) is 0 Å². The van der Waals surface area contributed by atoms with Crippen molar-refractivity contribution in [3.63, 3.8) is 0 Å². The van der Waals surface area contributed by atoms with Crippen LogP contribution >= 0.6 is 0 Å². The first-order chi connectivity index (χ1) is 8.60. The molecule has 2 aliphatic rings. The molecule has 2 fully saturated rings. The van der Waals surface area contributed by atoms with Crippen molar-refractivity contribution in [3.8, 4) is 0 Å². The van der Waals surface area contributed by atoms with Gasteiger partial charge in [-0.15, -0.1) is 0 Å². The summed E-state index contributed by atoms with van der Waals surface area (Å²) in [6.07, 6.45) is 12.0. The largest absolute Gasteiger partial charge is 0.316 e. The van der Waals surface area contributed by atoms with Crippen molar-refractivity contribution < 1.29 is 0 Å². The van der Waals surface area contributed by atoms with Gasteiger partial charge in [0.15, 0.2) is 0 Å². The fraction of sp³-hybridized carbons (Fsp3) is 1.00. The topological polar surface area (TPSA) is 12.0 Å². The van der Waals surface area contributed by atoms with Crippen LogP contribution < -0.4 is 5.32 Å². The van der Waals surface area contributed by atoms with Gasteiger partial charge in [0.1, 0.15) is 0 Å². The Morgan fingerprint density at radius 3 is 2.28 bits per heavy atom. The molecule has 0 aromatic rings. The Labute approximate surface area is 114 Å². The predicted octanol–water partition coefficient (Wildman–Crippen LogP) is 4.62. The van der Waals surface area contributed by atoms with E-state index >= 15 is 0 Å². The van der Waals surface area contributed by atoms with E-state index in [4.69, 9.17) is 0 Å². The molecule has 0 spiro atoms. The summed E-state index contributed by atoms with van der Waals surface area (Å²) < 4.78 is 0. The van der Waals surface area contributed by atoms with Gasteiger partial charge in [-0.3, -0.25) is 0 Å². The zero-order valence-corrected chi connectivity index (χ0v) is 12.8. The van der Waals surface area contributed by atoms with Crippen molar-refractivity contribution in [2.45, 2.75) is 72.1 Å². The normalized spacial score (nSPS) is 25.3. The minimum absolute atomic E-state index is 0.594. The highest BCUT2D eigenvalue weighted by Gasteiger charge is 2.42. The van der Waals surface area contributed by atoms with Crippen molar-refractivity contribution in [1.29, 1.82) is 0 Å². The minimum atomic E-state index is 0.594. The first kappa shape index (κ1) is 14.4. The average molecular weight is 251 g/mol. The van der Waals surface area contributed by atoms with E-state index in [1.54, 1.807) is 0 Å². The van der Waals surface area contributed by atoms with Gasteiger partial charge in [-0.25, -0.2) is 0 Å². The van der Waals surface area contributed by atoms with Crippen LogP contribution in [0.4, 0.5) is 0 Å². The molecule has 1 heteroatoms. The molecule has 0 saturated heterocycles. The van der Waals surface area contributed by atoms with Crippen LogP contribution in [0, 0.1) is 23.2 Å². The summed E-state index contributed by atoms with van der Waals surface area (Å²) in [5.41, 5.74) is 0.594. The quantitative estimate of drug-likeness (QED) is 0.696. The molecule has 0 heterocycles. The molecule has 1 atom stereocenters. The third-order valence-electron chi connectivity index (χ3n) is 5.12. The Balaban J connectivity index is 1.81. The molecule has 1 unspecified atom stereocenters. The van der Waals surface area contributed by atoms with Crippen LogP contribution in [0.1, 0.15) is 72.1 Å². The smallest absolute Gasteiger partial charge is 0.000803 e. The van der Waals surface area contributed by atoms with Crippen LogP contribution in [-0.4, -0.2) is 13.1 Å². The van der Waals surface area contributed by atoms with Gasteiger partial charge < -0.3 is 5.32 Å². The molecule has 2 aliphatic carbocycles. The predicted molar refractivity (Wildman–Crippen MR) is 79.7 cm³/mol.